The van der Waals surface area contributed by atoms with Crippen LogP contribution in [0.15, 0.2) is 75.9 Å². The fraction of sp³-hybridized carbons (Fsp3) is 0.310. The summed E-state index contributed by atoms with van der Waals surface area (Å²) in [5.41, 5.74) is 3.57. The fourth-order valence-corrected chi connectivity index (χ4v) is 4.45. The van der Waals surface area contributed by atoms with Crippen LogP contribution in [0.4, 0.5) is 8.78 Å². The second kappa shape index (κ2) is 12.6. The van der Waals surface area contributed by atoms with Crippen LogP contribution in [0.1, 0.15) is 30.0 Å². The van der Waals surface area contributed by atoms with Crippen LogP contribution in [0, 0.1) is 11.6 Å². The number of rotatable bonds is 12. The summed E-state index contributed by atoms with van der Waals surface area (Å²) in [7, 11) is 0. The third kappa shape index (κ3) is 7.14. The topological polar surface area (TPSA) is 96.5 Å². The molecule has 38 heavy (non-hydrogen) atoms. The van der Waals surface area contributed by atoms with Gasteiger partial charge in [0.05, 0.1) is 17.7 Å². The molecule has 3 N–H and O–H groups in total. The maximum Gasteiger partial charge on any atom is 0.419 e. The molecule has 0 saturated carbocycles. The molecule has 0 aliphatic rings. The number of amides is 1. The SMILES string of the molecule is CCc1cccc(CNC[C@@H](O)[C@@H](Cc2cc(F)cc(F)c2)NC(=O)CCn2c(=O)oc3ccccc32)c1. The predicted molar refractivity (Wildman–Crippen MR) is 141 cm³/mol. The Kier molecular flexibility index (Phi) is 9.04. The minimum atomic E-state index is -1.04. The number of aryl methyl sites for hydroxylation is 2. The molecule has 0 bridgehead atoms. The molecule has 1 amide bonds. The molecule has 1 heterocycles. The van der Waals surface area contributed by atoms with Crippen molar-refractivity contribution in [2.75, 3.05) is 6.54 Å². The predicted octanol–water partition coefficient (Wildman–Crippen LogP) is 3.70. The lowest BCUT2D eigenvalue weighted by molar-refractivity contribution is -0.122. The molecule has 7 nitrogen and oxygen atoms in total. The van der Waals surface area contributed by atoms with Gasteiger partial charge in [0.2, 0.25) is 5.91 Å². The maximum atomic E-state index is 13.8. The molecule has 200 valence electrons. The van der Waals surface area contributed by atoms with E-state index in [1.165, 1.54) is 22.3 Å². The van der Waals surface area contributed by atoms with E-state index < -0.39 is 35.4 Å². The van der Waals surface area contributed by atoms with Crippen molar-refractivity contribution >= 4 is 17.0 Å². The monoisotopic (exact) mass is 523 g/mol. The smallest absolute Gasteiger partial charge is 0.408 e. The van der Waals surface area contributed by atoms with Crippen molar-refractivity contribution in [3.8, 4) is 0 Å². The van der Waals surface area contributed by atoms with E-state index in [1.54, 1.807) is 24.3 Å². The van der Waals surface area contributed by atoms with Crippen LogP contribution in [0.25, 0.3) is 11.1 Å². The number of hydrogen-bond acceptors (Lipinski definition) is 5. The highest BCUT2D eigenvalue weighted by atomic mass is 19.1. The summed E-state index contributed by atoms with van der Waals surface area (Å²) in [6, 6.07) is 17.3. The van der Waals surface area contributed by atoms with Crippen LogP contribution in [0.3, 0.4) is 0 Å². The zero-order valence-electron chi connectivity index (χ0n) is 21.1. The van der Waals surface area contributed by atoms with Crippen LogP contribution in [0.5, 0.6) is 0 Å². The summed E-state index contributed by atoms with van der Waals surface area (Å²) in [5, 5.41) is 16.9. The van der Waals surface area contributed by atoms with Gasteiger partial charge in [-0.05, 0) is 53.8 Å². The molecule has 4 rings (SSSR count). The highest BCUT2D eigenvalue weighted by Crippen LogP contribution is 2.14. The van der Waals surface area contributed by atoms with E-state index in [-0.39, 0.29) is 25.9 Å². The summed E-state index contributed by atoms with van der Waals surface area (Å²) in [5.74, 6) is -2.46. The molecule has 0 fully saturated rings. The Morgan fingerprint density at radius 1 is 1.00 bits per heavy atom. The Balaban J connectivity index is 1.42. The van der Waals surface area contributed by atoms with Crippen molar-refractivity contribution < 1.29 is 23.1 Å². The van der Waals surface area contributed by atoms with Gasteiger partial charge in [-0.15, -0.1) is 0 Å². The fourth-order valence-electron chi connectivity index (χ4n) is 4.45. The van der Waals surface area contributed by atoms with Gasteiger partial charge in [0, 0.05) is 32.1 Å². The summed E-state index contributed by atoms with van der Waals surface area (Å²) in [6.45, 7) is 2.80. The normalized spacial score (nSPS) is 12.9. The highest BCUT2D eigenvalue weighted by molar-refractivity contribution is 5.77. The third-order valence-electron chi connectivity index (χ3n) is 6.41. The van der Waals surface area contributed by atoms with Crippen molar-refractivity contribution in [1.82, 2.24) is 15.2 Å². The first-order valence-corrected chi connectivity index (χ1v) is 12.6. The number of nitrogens with zero attached hydrogens (tertiary/aromatic N) is 1. The average Bonchev–Trinajstić information content (AvgIpc) is 3.21. The molecule has 9 heteroatoms. The number of carbonyl (C=O) groups is 1. The van der Waals surface area contributed by atoms with E-state index in [4.69, 9.17) is 4.42 Å². The molecule has 4 aromatic rings. The second-order valence-corrected chi connectivity index (χ2v) is 9.26. The average molecular weight is 524 g/mol. The first kappa shape index (κ1) is 27.2. The van der Waals surface area contributed by atoms with Gasteiger partial charge < -0.3 is 20.2 Å². The Bertz CT molecular complexity index is 1430. The van der Waals surface area contributed by atoms with Crippen molar-refractivity contribution in [1.29, 1.82) is 0 Å². The second-order valence-electron chi connectivity index (χ2n) is 9.26. The van der Waals surface area contributed by atoms with E-state index in [9.17, 15) is 23.5 Å². The number of nitrogens with one attached hydrogen (secondary N) is 2. The van der Waals surface area contributed by atoms with Crippen molar-refractivity contribution in [3.05, 3.63) is 106 Å². The van der Waals surface area contributed by atoms with Gasteiger partial charge in [-0.25, -0.2) is 13.6 Å². The number of carbonyl (C=O) groups excluding carboxylic acids is 1. The minimum absolute atomic E-state index is 0.0170. The minimum Gasteiger partial charge on any atom is -0.408 e. The molecule has 0 unspecified atom stereocenters. The van der Waals surface area contributed by atoms with Gasteiger partial charge in [0.15, 0.2) is 5.58 Å². The van der Waals surface area contributed by atoms with E-state index in [0.29, 0.717) is 23.2 Å². The van der Waals surface area contributed by atoms with E-state index in [1.807, 2.05) is 18.2 Å². The highest BCUT2D eigenvalue weighted by Gasteiger charge is 2.23. The Hall–Kier alpha value is -3.82. The lowest BCUT2D eigenvalue weighted by atomic mass is 10.00. The van der Waals surface area contributed by atoms with Crippen LogP contribution in [0.2, 0.25) is 0 Å². The van der Waals surface area contributed by atoms with Gasteiger partial charge in [0.25, 0.3) is 0 Å². The van der Waals surface area contributed by atoms with Gasteiger partial charge in [-0.2, -0.15) is 0 Å². The number of aromatic nitrogens is 1. The Morgan fingerprint density at radius 3 is 2.50 bits per heavy atom. The van der Waals surface area contributed by atoms with Gasteiger partial charge in [0.1, 0.15) is 11.6 Å². The largest absolute Gasteiger partial charge is 0.419 e. The summed E-state index contributed by atoms with van der Waals surface area (Å²) in [6.07, 6.45) is -0.169. The number of aliphatic hydroxyl groups excluding tert-OH is 1. The van der Waals surface area contributed by atoms with Crippen LogP contribution in [-0.4, -0.2) is 34.3 Å². The van der Waals surface area contributed by atoms with Crippen molar-refractivity contribution in [2.24, 2.45) is 0 Å². The zero-order chi connectivity index (χ0) is 27.1. The van der Waals surface area contributed by atoms with Crippen LogP contribution in [-0.2, 0) is 30.7 Å². The Morgan fingerprint density at radius 2 is 1.74 bits per heavy atom. The van der Waals surface area contributed by atoms with Crippen LogP contribution >= 0.6 is 0 Å². The quantitative estimate of drug-likeness (QED) is 0.263. The molecule has 3 aromatic carbocycles. The number of halogens is 2. The van der Waals surface area contributed by atoms with Crippen LogP contribution < -0.4 is 16.4 Å². The lowest BCUT2D eigenvalue weighted by Gasteiger charge is -2.25. The lowest BCUT2D eigenvalue weighted by Crippen LogP contribution is -2.48. The number of benzene rings is 3. The van der Waals surface area contributed by atoms with Gasteiger partial charge >= 0.3 is 5.76 Å². The molecule has 2 atom stereocenters. The molecule has 0 aliphatic heterocycles. The van der Waals surface area contributed by atoms with E-state index in [0.717, 1.165) is 18.1 Å². The number of aliphatic hydroxyl groups is 1. The maximum absolute atomic E-state index is 13.8. The number of fused-ring (bicyclic) bond motifs is 1. The molecule has 0 aliphatic carbocycles. The zero-order valence-corrected chi connectivity index (χ0v) is 21.1. The molecule has 0 saturated heterocycles. The molecule has 0 spiro atoms. The first-order chi connectivity index (χ1) is 18.3. The molecular weight excluding hydrogens is 492 g/mol. The van der Waals surface area contributed by atoms with E-state index >= 15 is 0 Å². The molecular formula is C29H31F2N3O4. The molecule has 0 radical (unpaired) electrons. The number of oxazole rings is 1. The first-order valence-electron chi connectivity index (χ1n) is 12.6. The Labute approximate surface area is 219 Å². The van der Waals surface area contributed by atoms with Gasteiger partial charge in [-0.3, -0.25) is 9.36 Å². The third-order valence-corrected chi connectivity index (χ3v) is 6.41. The summed E-state index contributed by atoms with van der Waals surface area (Å²) >= 11 is 0. The standard InChI is InChI=1S/C29H31F2N3O4/c1-2-19-6-5-7-20(12-19)17-32-18-26(35)24(15-21-13-22(30)16-23(31)14-21)33-28(36)10-11-34-25-8-3-4-9-27(25)38-29(34)37/h3-9,12-14,16,24,26,32,35H,2,10-11,15,17-18H2,1H3,(H,33,36)/t24-,26-/m1/s1. The number of para-hydroxylation sites is 2. The summed E-state index contributed by atoms with van der Waals surface area (Å²) < 4.78 is 34.2. The molecule has 1 aromatic heterocycles. The van der Waals surface area contributed by atoms with Gasteiger partial charge in [-0.1, -0.05) is 43.3 Å². The van der Waals surface area contributed by atoms with Crippen molar-refractivity contribution in [3.63, 3.8) is 0 Å². The number of hydrogen-bond donors (Lipinski definition) is 3. The van der Waals surface area contributed by atoms with Crippen molar-refractivity contribution in [2.45, 2.75) is 51.4 Å². The van der Waals surface area contributed by atoms with E-state index in [2.05, 4.69) is 23.6 Å². The summed E-state index contributed by atoms with van der Waals surface area (Å²) in [4.78, 5) is 25.1.